The van der Waals surface area contributed by atoms with E-state index >= 15 is 0 Å². The topological polar surface area (TPSA) is 122 Å². The van der Waals surface area contributed by atoms with E-state index < -0.39 is 40.4 Å². The molecule has 0 spiro atoms. The summed E-state index contributed by atoms with van der Waals surface area (Å²) in [6, 6.07) is 3.69. The molecule has 2 heterocycles. The van der Waals surface area contributed by atoms with Gasteiger partial charge < -0.3 is 18.3 Å². The van der Waals surface area contributed by atoms with Crippen molar-refractivity contribution in [2.24, 2.45) is 0 Å². The highest BCUT2D eigenvalue weighted by Crippen LogP contribution is 2.48. The third-order valence-electron chi connectivity index (χ3n) is 5.10. The zero-order valence-electron chi connectivity index (χ0n) is 20.4. The van der Waals surface area contributed by atoms with Crippen molar-refractivity contribution in [3.63, 3.8) is 0 Å². The number of nitrogens with one attached hydrogen (secondary N) is 1. The molecule has 3 atom stereocenters. The maximum atomic E-state index is 12.5. The van der Waals surface area contributed by atoms with Crippen molar-refractivity contribution in [2.75, 3.05) is 40.5 Å². The van der Waals surface area contributed by atoms with Crippen molar-refractivity contribution in [3.8, 4) is 6.07 Å². The molecule has 34 heavy (non-hydrogen) atoms. The number of aromatic amines is 1. The molecule has 0 amide bonds. The van der Waals surface area contributed by atoms with Gasteiger partial charge >= 0.3 is 5.69 Å². The van der Waals surface area contributed by atoms with Crippen LogP contribution in [0.1, 0.15) is 39.8 Å². The lowest BCUT2D eigenvalue weighted by atomic mass is 10.3. The molecule has 1 fully saturated rings. The van der Waals surface area contributed by atoms with Gasteiger partial charge in [-0.3, -0.25) is 14.3 Å². The van der Waals surface area contributed by atoms with Crippen molar-refractivity contribution in [2.45, 2.75) is 52.0 Å². The van der Waals surface area contributed by atoms with Crippen LogP contribution in [0.15, 0.2) is 33.7 Å². The van der Waals surface area contributed by atoms with Gasteiger partial charge in [0.1, 0.15) is 6.23 Å². The first-order valence-electron chi connectivity index (χ1n) is 11.2. The van der Waals surface area contributed by atoms with E-state index in [1.165, 1.54) is 16.8 Å². The Morgan fingerprint density at radius 3 is 2.71 bits per heavy atom. The summed E-state index contributed by atoms with van der Waals surface area (Å²) >= 11 is 0. The quantitative estimate of drug-likeness (QED) is 0.330. The molecule has 1 aliphatic heterocycles. The van der Waals surface area contributed by atoms with Crippen LogP contribution in [0.5, 0.6) is 0 Å². The molecule has 0 aromatic carbocycles. The maximum Gasteiger partial charge on any atom is 0.330 e. The molecule has 0 saturated carbocycles. The highest BCUT2D eigenvalue weighted by molar-refractivity contribution is 7.50. The molecule has 1 aromatic rings. The Morgan fingerprint density at radius 1 is 1.38 bits per heavy atom. The number of nitriles is 1. The van der Waals surface area contributed by atoms with Crippen molar-refractivity contribution in [1.82, 2.24) is 18.9 Å². The lowest BCUT2D eigenvalue weighted by Crippen LogP contribution is -2.37. The van der Waals surface area contributed by atoms with Crippen molar-refractivity contribution in [3.05, 3.63) is 45.0 Å². The van der Waals surface area contributed by atoms with Crippen LogP contribution in [-0.4, -0.2) is 71.5 Å². The Hall–Kier alpha value is -1.47. The number of hydrogen-bond acceptors (Lipinski definition) is 9. The van der Waals surface area contributed by atoms with Crippen LogP contribution < -0.4 is 11.2 Å². The molecule has 1 saturated heterocycles. The lowest BCUT2D eigenvalue weighted by Gasteiger charge is -2.39. The first-order chi connectivity index (χ1) is 16.3. The Labute approximate surface area is 203 Å². The molecule has 2 rings (SSSR count). The minimum Gasteiger partial charge on any atom is -0.349 e. The van der Waals surface area contributed by atoms with Gasteiger partial charge in [-0.2, -0.15) is 5.26 Å². The molecule has 1 aliphatic rings. The van der Waals surface area contributed by atoms with Gasteiger partial charge in [-0.05, 0) is 25.7 Å². The number of hydrogen-bond donors (Lipinski definition) is 1. The third kappa shape index (κ3) is 8.33. The van der Waals surface area contributed by atoms with Crippen molar-refractivity contribution in [1.29, 1.82) is 5.26 Å². The summed E-state index contributed by atoms with van der Waals surface area (Å²) in [6.45, 7) is 8.56. The van der Waals surface area contributed by atoms with E-state index in [1.807, 2.05) is 11.9 Å². The monoisotopic (exact) mass is 515 g/mol. The number of H-pyrrole nitrogens is 1. The number of aromatic nitrogens is 2. The average molecular weight is 515 g/mol. The Balaban J connectivity index is 2.38. The Bertz CT molecular complexity index is 929. The predicted octanol–water partition coefficient (Wildman–Crippen LogP) is 3.13. The fourth-order valence-corrected chi connectivity index (χ4v) is 6.37. The summed E-state index contributed by atoms with van der Waals surface area (Å²) in [5.41, 5.74) is -0.974. The fraction of sp³-hybridized carbons (Fsp3) is 0.667. The van der Waals surface area contributed by atoms with Gasteiger partial charge in [0, 0.05) is 58.6 Å². The van der Waals surface area contributed by atoms with Crippen LogP contribution >= 0.6 is 16.8 Å². The largest absolute Gasteiger partial charge is 0.349 e. The lowest BCUT2D eigenvalue weighted by molar-refractivity contribution is -0.0267. The van der Waals surface area contributed by atoms with E-state index in [1.54, 1.807) is 14.2 Å². The van der Waals surface area contributed by atoms with E-state index in [0.717, 1.165) is 6.54 Å². The summed E-state index contributed by atoms with van der Waals surface area (Å²) in [5, 5.41) is 9.00. The number of nitrogens with zero attached hydrogens (tertiary/aromatic N) is 4. The van der Waals surface area contributed by atoms with Gasteiger partial charge in [0.25, 0.3) is 5.56 Å². The SMILES string of the molecule is CCN(C(C)C)P(OCCC#N)N1CCC(n2ccc(=O)[nH]c2=O)OC(/C=C/P(OC)OC)C1. The van der Waals surface area contributed by atoms with Crippen LogP contribution in [0.4, 0.5) is 0 Å². The van der Waals surface area contributed by atoms with Crippen molar-refractivity contribution >= 4 is 16.8 Å². The van der Waals surface area contributed by atoms with E-state index in [2.05, 4.69) is 41.2 Å². The van der Waals surface area contributed by atoms with E-state index in [0.29, 0.717) is 32.5 Å². The second kappa shape index (κ2) is 14.8. The molecule has 3 unspecified atom stereocenters. The van der Waals surface area contributed by atoms with Crippen LogP contribution in [-0.2, 0) is 18.3 Å². The predicted molar refractivity (Wildman–Crippen MR) is 132 cm³/mol. The van der Waals surface area contributed by atoms with Gasteiger partial charge in [0.15, 0.2) is 16.8 Å². The zero-order chi connectivity index (χ0) is 25.1. The summed E-state index contributed by atoms with van der Waals surface area (Å²) in [4.78, 5) is 26.3. The standard InChI is InChI=1S/C21H35N5O6P2/c1-6-26(17(2)3)34(31-14-7-11-22)24-12-9-20(25-13-8-19(27)23-21(25)28)32-18(16-24)10-15-33(29-4)30-5/h8,10,13,15,17-18,20H,6-7,9,12,14,16H2,1-5H3,(H,23,27,28)/b15-10+. The minimum atomic E-state index is -1.20. The molecular weight excluding hydrogens is 480 g/mol. The second-order valence-electron chi connectivity index (χ2n) is 7.68. The highest BCUT2D eigenvalue weighted by atomic mass is 31.2. The third-order valence-corrected chi connectivity index (χ3v) is 8.68. The van der Waals surface area contributed by atoms with Gasteiger partial charge in [-0.1, -0.05) is 6.92 Å². The highest BCUT2D eigenvalue weighted by Gasteiger charge is 2.34. The van der Waals surface area contributed by atoms with Crippen LogP contribution in [0.25, 0.3) is 0 Å². The summed E-state index contributed by atoms with van der Waals surface area (Å²) in [5.74, 6) is 1.83. The first kappa shape index (κ1) is 28.8. The molecule has 13 heteroatoms. The maximum absolute atomic E-state index is 12.5. The van der Waals surface area contributed by atoms with E-state index in [4.69, 9.17) is 23.6 Å². The average Bonchev–Trinajstić information content (AvgIpc) is 3.01. The molecule has 190 valence electrons. The Morgan fingerprint density at radius 2 is 2.12 bits per heavy atom. The van der Waals surface area contributed by atoms with Crippen molar-refractivity contribution < 1.29 is 18.3 Å². The number of rotatable bonds is 12. The van der Waals surface area contributed by atoms with E-state index in [9.17, 15) is 9.59 Å². The summed E-state index contributed by atoms with van der Waals surface area (Å²) in [6.07, 6.45) is 3.19. The van der Waals surface area contributed by atoms with Crippen LogP contribution in [0.3, 0.4) is 0 Å². The Kier molecular flexibility index (Phi) is 12.5. The molecule has 0 bridgehead atoms. The smallest absolute Gasteiger partial charge is 0.330 e. The van der Waals surface area contributed by atoms with Crippen LogP contribution in [0.2, 0.25) is 0 Å². The number of ether oxygens (including phenoxy) is 1. The van der Waals surface area contributed by atoms with Gasteiger partial charge in [-0.15, -0.1) is 0 Å². The molecule has 0 aliphatic carbocycles. The molecule has 11 nitrogen and oxygen atoms in total. The first-order valence-corrected chi connectivity index (χ1v) is 13.6. The minimum absolute atomic E-state index is 0.240. The fourth-order valence-electron chi connectivity index (χ4n) is 3.53. The second-order valence-corrected chi connectivity index (χ2v) is 11.1. The van der Waals surface area contributed by atoms with Gasteiger partial charge in [0.05, 0.1) is 25.2 Å². The molecule has 0 radical (unpaired) electrons. The summed E-state index contributed by atoms with van der Waals surface area (Å²) < 4.78 is 29.1. The zero-order valence-corrected chi connectivity index (χ0v) is 22.2. The molecular formula is C21H35N5O6P2. The van der Waals surface area contributed by atoms with Gasteiger partial charge in [0.2, 0.25) is 0 Å². The normalized spacial score (nSPS) is 20.8. The van der Waals surface area contributed by atoms with Crippen LogP contribution in [0, 0.1) is 11.3 Å². The molecule has 1 aromatic heterocycles. The van der Waals surface area contributed by atoms with E-state index in [-0.39, 0.29) is 6.04 Å². The molecule has 1 N–H and O–H groups in total. The summed E-state index contributed by atoms with van der Waals surface area (Å²) in [7, 11) is 0.777. The van der Waals surface area contributed by atoms with Gasteiger partial charge in [-0.25, -0.2) is 14.1 Å².